The Balaban J connectivity index is 1.38. The molecule has 39 heavy (non-hydrogen) atoms. The number of unbranched alkanes of at least 4 members (excludes halogenated alkanes) is 4. The van der Waals surface area contributed by atoms with E-state index < -0.39 is 11.8 Å². The average molecular weight is 551 g/mol. The minimum absolute atomic E-state index is 0.0209. The summed E-state index contributed by atoms with van der Waals surface area (Å²) in [6, 6.07) is 0. The molecule has 6 amide bonds. The van der Waals surface area contributed by atoms with Gasteiger partial charge in [0.25, 0.3) is 11.8 Å². The highest BCUT2D eigenvalue weighted by atomic mass is 16.2. The fourth-order valence-corrected chi connectivity index (χ4v) is 4.95. The van der Waals surface area contributed by atoms with Crippen molar-refractivity contribution in [1.29, 1.82) is 0 Å². The zero-order valence-corrected chi connectivity index (χ0v) is 23.0. The van der Waals surface area contributed by atoms with Crippen LogP contribution in [0.5, 0.6) is 0 Å². The van der Waals surface area contributed by atoms with Crippen LogP contribution in [0.4, 0.5) is 0 Å². The van der Waals surface area contributed by atoms with Crippen LogP contribution >= 0.6 is 0 Å². The van der Waals surface area contributed by atoms with Gasteiger partial charge in [-0.25, -0.2) is 0 Å². The molecule has 0 saturated heterocycles. The molecule has 0 unspecified atom stereocenters. The highest BCUT2D eigenvalue weighted by molar-refractivity contribution is 5.88. The van der Waals surface area contributed by atoms with Gasteiger partial charge in [0, 0.05) is 24.7 Å². The smallest absolute Gasteiger partial charge is 0.257 e. The Hall–Kier alpha value is -3.18. The number of carbonyl (C=O) groups is 6. The predicted octanol–water partition coefficient (Wildman–Crippen LogP) is 1.40. The molecule has 0 spiro atoms. The second-order valence-electron chi connectivity index (χ2n) is 10.6. The van der Waals surface area contributed by atoms with Crippen molar-refractivity contribution < 1.29 is 28.8 Å². The van der Waals surface area contributed by atoms with Crippen LogP contribution in [0, 0.1) is 11.8 Å². The van der Waals surface area contributed by atoms with Gasteiger partial charge in [-0.3, -0.25) is 50.5 Å². The second kappa shape index (κ2) is 19.0. The largest absolute Gasteiger partial charge is 0.347 e. The summed E-state index contributed by atoms with van der Waals surface area (Å²) in [5, 5.41) is 5.25. The van der Waals surface area contributed by atoms with E-state index in [0.717, 1.165) is 83.5 Å². The molecule has 0 aromatic rings. The molecule has 6 N–H and O–H groups in total. The summed E-state index contributed by atoms with van der Waals surface area (Å²) in [5.41, 5.74) is 9.34. The van der Waals surface area contributed by atoms with Crippen molar-refractivity contribution in [2.45, 2.75) is 109 Å². The number of rotatable bonds is 14. The van der Waals surface area contributed by atoms with Crippen LogP contribution < -0.4 is 32.3 Å². The number of hydrazine groups is 2. The Morgan fingerprint density at radius 1 is 0.436 bits per heavy atom. The summed E-state index contributed by atoms with van der Waals surface area (Å²) >= 11 is 0. The number of amides is 6. The van der Waals surface area contributed by atoms with Crippen LogP contribution in [0.2, 0.25) is 0 Å². The number of carbonyl (C=O) groups excluding carboxylic acids is 6. The van der Waals surface area contributed by atoms with Gasteiger partial charge < -0.3 is 10.6 Å². The molecule has 2 saturated carbocycles. The van der Waals surface area contributed by atoms with Crippen LogP contribution in [0.15, 0.2) is 0 Å². The summed E-state index contributed by atoms with van der Waals surface area (Å²) < 4.78 is 0. The van der Waals surface area contributed by atoms with Crippen LogP contribution in [-0.2, 0) is 28.8 Å². The molecule has 2 aliphatic carbocycles. The molecule has 12 heteroatoms. The third-order valence-electron chi connectivity index (χ3n) is 7.29. The Kier molecular flexibility index (Phi) is 15.6. The van der Waals surface area contributed by atoms with Crippen molar-refractivity contribution in [3.8, 4) is 0 Å². The molecule has 0 radical (unpaired) electrons. The average Bonchev–Trinajstić information content (AvgIpc) is 2.96. The summed E-state index contributed by atoms with van der Waals surface area (Å²) in [6.45, 7) is -0.326. The lowest BCUT2D eigenvalue weighted by Gasteiger charge is -2.20. The van der Waals surface area contributed by atoms with Gasteiger partial charge in [-0.15, -0.1) is 0 Å². The predicted molar refractivity (Wildman–Crippen MR) is 144 cm³/mol. The van der Waals surface area contributed by atoms with Gasteiger partial charge in [0.15, 0.2) is 0 Å². The van der Waals surface area contributed by atoms with E-state index in [1.807, 2.05) is 0 Å². The summed E-state index contributed by atoms with van der Waals surface area (Å²) in [5.74, 6) is -1.78. The molecule has 0 bridgehead atoms. The maximum atomic E-state index is 12.0. The van der Waals surface area contributed by atoms with Crippen LogP contribution in [0.25, 0.3) is 0 Å². The third-order valence-corrected chi connectivity index (χ3v) is 7.29. The standard InChI is InChI=1S/C27H46N6O6/c34-22(30-32-24(36)18-28-26(38)20-12-6-4-7-13-20)16-10-2-1-3-11-17-23(35)31-33-25(37)19-29-27(39)21-14-8-5-9-15-21/h20-21H,1-19H2,(H,28,38)(H,29,39)(H,30,34)(H,31,35)(H,32,36)(H,33,37). The normalized spacial score (nSPS) is 16.0. The molecule has 0 aromatic carbocycles. The molecule has 0 heterocycles. The summed E-state index contributed by atoms with van der Waals surface area (Å²) in [6.07, 6.45) is 14.2. The van der Waals surface area contributed by atoms with Crippen molar-refractivity contribution in [1.82, 2.24) is 32.3 Å². The number of nitrogens with one attached hydrogen (secondary N) is 6. The van der Waals surface area contributed by atoms with E-state index in [4.69, 9.17) is 0 Å². The quantitative estimate of drug-likeness (QED) is 0.141. The Morgan fingerprint density at radius 2 is 0.769 bits per heavy atom. The number of hydrogen-bond donors (Lipinski definition) is 6. The van der Waals surface area contributed by atoms with E-state index in [2.05, 4.69) is 32.3 Å². The molecule has 220 valence electrons. The van der Waals surface area contributed by atoms with Crippen molar-refractivity contribution in [3.63, 3.8) is 0 Å². The van der Waals surface area contributed by atoms with Crippen LogP contribution in [0.3, 0.4) is 0 Å². The molecule has 2 aliphatic rings. The first-order valence-corrected chi connectivity index (χ1v) is 14.6. The van der Waals surface area contributed by atoms with Crippen molar-refractivity contribution in [2.75, 3.05) is 13.1 Å². The molecule has 0 atom stereocenters. The molecular weight excluding hydrogens is 504 g/mol. The van der Waals surface area contributed by atoms with Crippen molar-refractivity contribution in [2.24, 2.45) is 11.8 Å². The zero-order valence-electron chi connectivity index (χ0n) is 23.0. The molecule has 0 aliphatic heterocycles. The minimum Gasteiger partial charge on any atom is -0.347 e. The van der Waals surface area contributed by atoms with Crippen LogP contribution in [0.1, 0.15) is 109 Å². The lowest BCUT2D eigenvalue weighted by atomic mass is 9.89. The second-order valence-corrected chi connectivity index (χ2v) is 10.6. The van der Waals surface area contributed by atoms with E-state index in [0.29, 0.717) is 12.8 Å². The Bertz CT molecular complexity index is 758. The Morgan fingerprint density at radius 3 is 1.15 bits per heavy atom. The van der Waals surface area contributed by atoms with E-state index in [1.54, 1.807) is 0 Å². The van der Waals surface area contributed by atoms with Gasteiger partial charge in [-0.05, 0) is 38.5 Å². The lowest BCUT2D eigenvalue weighted by Crippen LogP contribution is -2.47. The SMILES string of the molecule is O=C(CCCCCCCC(=O)NNC(=O)CNC(=O)C1CCCCC1)NNC(=O)CNC(=O)C1CCCCC1. The van der Waals surface area contributed by atoms with E-state index in [1.165, 1.54) is 0 Å². The van der Waals surface area contributed by atoms with Crippen LogP contribution in [-0.4, -0.2) is 48.5 Å². The van der Waals surface area contributed by atoms with E-state index >= 15 is 0 Å². The fraction of sp³-hybridized carbons (Fsp3) is 0.778. The summed E-state index contributed by atoms with van der Waals surface area (Å²) in [7, 11) is 0. The first-order valence-electron chi connectivity index (χ1n) is 14.6. The van der Waals surface area contributed by atoms with E-state index in [9.17, 15) is 28.8 Å². The maximum Gasteiger partial charge on any atom is 0.257 e. The van der Waals surface area contributed by atoms with Gasteiger partial charge in [0.1, 0.15) is 0 Å². The highest BCUT2D eigenvalue weighted by Gasteiger charge is 2.22. The molecule has 0 aromatic heterocycles. The van der Waals surface area contributed by atoms with Gasteiger partial charge in [-0.2, -0.15) is 0 Å². The fourth-order valence-electron chi connectivity index (χ4n) is 4.95. The highest BCUT2D eigenvalue weighted by Crippen LogP contribution is 2.24. The maximum absolute atomic E-state index is 12.0. The monoisotopic (exact) mass is 550 g/mol. The van der Waals surface area contributed by atoms with Gasteiger partial charge in [0.2, 0.25) is 23.6 Å². The van der Waals surface area contributed by atoms with Crippen molar-refractivity contribution >= 4 is 35.4 Å². The zero-order chi connectivity index (χ0) is 28.3. The van der Waals surface area contributed by atoms with Gasteiger partial charge in [0.05, 0.1) is 13.1 Å². The first kappa shape index (κ1) is 32.0. The topological polar surface area (TPSA) is 175 Å². The molecular formula is C27H46N6O6. The first-order chi connectivity index (χ1) is 18.8. The summed E-state index contributed by atoms with van der Waals surface area (Å²) in [4.78, 5) is 71.5. The van der Waals surface area contributed by atoms with Gasteiger partial charge in [-0.1, -0.05) is 57.8 Å². The van der Waals surface area contributed by atoms with Crippen molar-refractivity contribution in [3.05, 3.63) is 0 Å². The molecule has 2 fully saturated rings. The lowest BCUT2D eigenvalue weighted by molar-refractivity contribution is -0.131. The number of hydrogen-bond acceptors (Lipinski definition) is 6. The Labute approximate surface area is 230 Å². The van der Waals surface area contributed by atoms with E-state index in [-0.39, 0.29) is 61.4 Å². The van der Waals surface area contributed by atoms with Gasteiger partial charge >= 0.3 is 0 Å². The third kappa shape index (κ3) is 14.5. The minimum atomic E-state index is -0.467. The molecule has 2 rings (SSSR count). The molecule has 12 nitrogen and oxygen atoms in total.